The summed E-state index contributed by atoms with van der Waals surface area (Å²) >= 11 is 1.56. The monoisotopic (exact) mass is 1070 g/mol. The minimum atomic E-state index is -3.83. The van der Waals surface area contributed by atoms with Gasteiger partial charge >= 0.3 is 0 Å². The highest BCUT2D eigenvalue weighted by Crippen LogP contribution is 2.38. The Kier molecular flexibility index (Phi) is 19.2. The van der Waals surface area contributed by atoms with Gasteiger partial charge < -0.3 is 55.2 Å². The van der Waals surface area contributed by atoms with Gasteiger partial charge in [-0.05, 0) is 101 Å². The van der Waals surface area contributed by atoms with Gasteiger partial charge in [0, 0.05) is 41.6 Å². The van der Waals surface area contributed by atoms with Crippen LogP contribution in [0.5, 0.6) is 5.75 Å². The first kappa shape index (κ1) is 56.9. The van der Waals surface area contributed by atoms with E-state index in [9.17, 15) is 27.6 Å². The second-order valence-corrected chi connectivity index (χ2v) is 24.4. The van der Waals surface area contributed by atoms with Crippen molar-refractivity contribution in [3.05, 3.63) is 83.5 Å². The molecule has 406 valence electrons. The summed E-state index contributed by atoms with van der Waals surface area (Å²) < 4.78 is 56.3. The first-order valence-corrected chi connectivity index (χ1v) is 27.8. The molecule has 2 aliphatic rings. The van der Waals surface area contributed by atoms with Gasteiger partial charge in [-0.3, -0.25) is 24.2 Å². The van der Waals surface area contributed by atoms with Gasteiger partial charge in [-0.2, -0.15) is 0 Å². The largest absolute Gasteiger partial charge is 0.490 e. The number of nitrogens with zero attached hydrogens (tertiary/aromatic N) is 3. The Morgan fingerprint density at radius 3 is 2.21 bits per heavy atom. The second-order valence-electron chi connectivity index (χ2n) is 20.8. The molecule has 3 aromatic carbocycles. The lowest BCUT2D eigenvalue weighted by molar-refractivity contribution is -0.144. The third-order valence-corrected chi connectivity index (χ3v) is 16.6. The molecule has 0 radical (unpaired) electrons. The van der Waals surface area contributed by atoms with Crippen molar-refractivity contribution >= 4 is 77.3 Å². The molecular weight excluding hydrogens is 1000 g/mol. The maximum absolute atomic E-state index is 14.3. The molecular formula is C54H72N8O11S2. The minimum absolute atomic E-state index is 0.0625. The van der Waals surface area contributed by atoms with Gasteiger partial charge in [-0.25, -0.2) is 13.4 Å². The van der Waals surface area contributed by atoms with E-state index >= 15 is 0 Å². The molecule has 0 saturated carbocycles. The van der Waals surface area contributed by atoms with Gasteiger partial charge in [0.05, 0.1) is 84.3 Å². The number of ether oxygens (including phenoxy) is 5. The number of hydrogen-bond donors (Lipinski definition) is 5. The third kappa shape index (κ3) is 14.6. The van der Waals surface area contributed by atoms with Crippen LogP contribution >= 0.6 is 11.3 Å². The van der Waals surface area contributed by atoms with E-state index in [0.717, 1.165) is 34.3 Å². The molecule has 5 N–H and O–H groups in total. The Balaban J connectivity index is 0.809. The summed E-state index contributed by atoms with van der Waals surface area (Å²) in [7, 11) is -2.17. The van der Waals surface area contributed by atoms with E-state index in [1.54, 1.807) is 76.0 Å². The molecule has 3 heterocycles. The molecule has 5 atom stereocenters. The summed E-state index contributed by atoms with van der Waals surface area (Å²) in [5, 5.41) is 15.9. The molecule has 0 spiro atoms. The summed E-state index contributed by atoms with van der Waals surface area (Å²) in [6.07, 6.45) is 3.43. The molecule has 1 fully saturated rings. The van der Waals surface area contributed by atoms with E-state index in [0.29, 0.717) is 23.2 Å². The van der Waals surface area contributed by atoms with Crippen LogP contribution in [0.4, 0.5) is 11.4 Å². The molecule has 21 heteroatoms. The molecule has 75 heavy (non-hydrogen) atoms. The fourth-order valence-corrected chi connectivity index (χ4v) is 10.9. The maximum atomic E-state index is 14.3. The number of likely N-dealkylation sites (tertiary alicyclic amines) is 1. The lowest BCUT2D eigenvalue weighted by Crippen LogP contribution is -2.59. The van der Waals surface area contributed by atoms with Crippen LogP contribution in [0, 0.1) is 5.41 Å². The van der Waals surface area contributed by atoms with E-state index in [1.165, 1.54) is 10.5 Å². The first-order valence-electron chi connectivity index (χ1n) is 25.4. The number of benzene rings is 3. The highest BCUT2D eigenvalue weighted by atomic mass is 32.2. The van der Waals surface area contributed by atoms with E-state index in [1.807, 2.05) is 57.2 Å². The van der Waals surface area contributed by atoms with E-state index < -0.39 is 56.0 Å². The van der Waals surface area contributed by atoms with Gasteiger partial charge in [0.25, 0.3) is 0 Å². The summed E-state index contributed by atoms with van der Waals surface area (Å²) in [5.41, 5.74) is 6.28. The van der Waals surface area contributed by atoms with Gasteiger partial charge in [0.2, 0.25) is 23.6 Å². The molecule has 0 bridgehead atoms. The quantitative estimate of drug-likeness (QED) is 0.0445. The number of nitrogens with one attached hydrogen (secondary N) is 5. The topological polar surface area (TPSA) is 238 Å². The number of amides is 4. The Bertz CT molecular complexity index is 2900. The van der Waals surface area contributed by atoms with Crippen molar-refractivity contribution in [1.82, 2.24) is 36.1 Å². The van der Waals surface area contributed by atoms with E-state index in [4.69, 9.17) is 23.7 Å². The van der Waals surface area contributed by atoms with Gasteiger partial charge in [-0.1, -0.05) is 45.0 Å². The number of aromatic nitrogens is 2. The number of pyridine rings is 1. The fourth-order valence-electron chi connectivity index (χ4n) is 8.93. The number of anilines is 2. The number of thiazole rings is 1. The zero-order valence-electron chi connectivity index (χ0n) is 44.2. The summed E-state index contributed by atoms with van der Waals surface area (Å²) in [6.45, 7) is 13.8. The van der Waals surface area contributed by atoms with Crippen LogP contribution in [0.25, 0.3) is 21.1 Å². The number of carbonyl (C=O) groups is 4. The third-order valence-electron chi connectivity index (χ3n) is 13.3. The maximum Gasteiger partial charge on any atom is 0.246 e. The highest BCUT2D eigenvalue weighted by Gasteiger charge is 2.46. The molecule has 1 saturated heterocycles. The molecule has 4 amide bonds. The SMILES string of the molecule is CN[C@@H](C)C(=O)N[C@H](C(=O)N1C[C@@H](NC(=O)COCCOCCOCCOCCOc2cc3nccc(Nc4ccc5scnc5c4)c3cc2S(=O)(=O)C(C)(C)C)C[C@H]1C(=O)N[C@@H]1CCc2ccccc21)C(C)(C)C. The number of fused-ring (bicyclic) bond motifs is 3. The average molecular weight is 1070 g/mol. The predicted octanol–water partition coefficient (Wildman–Crippen LogP) is 5.63. The minimum Gasteiger partial charge on any atom is -0.490 e. The molecule has 19 nitrogen and oxygen atoms in total. The van der Waals surface area contributed by atoms with Crippen LogP contribution in [-0.2, 0) is 54.4 Å². The van der Waals surface area contributed by atoms with Crippen LogP contribution in [-0.4, -0.2) is 149 Å². The number of sulfone groups is 1. The Morgan fingerprint density at radius 2 is 1.52 bits per heavy atom. The standard InChI is InChI=1S/C54H72N8O11S2/c1-34(55-8)50(64)61-49(53(2,3)4)52(66)62-31-37(28-44(62)51(65)60-40-15-13-35-11-9-10-12-38(35)40)59-48(63)32-72-24-23-70-20-19-69-21-22-71-25-26-73-45-30-42-39(29-47(45)75(67,68)54(5,6)7)41(17-18-56-42)58-36-14-16-46-43(27-36)57-33-74-46/h9-12,14,16-18,27,29-30,33-34,37,40,44,49,55H,13,15,19-26,28,31-32H2,1-8H3,(H,56,58)(H,59,63)(H,60,65)(H,61,64)/t34-,37-,40+,44-,49+/m0/s1. The Morgan fingerprint density at radius 1 is 0.827 bits per heavy atom. The Labute approximate surface area is 443 Å². The van der Waals surface area contributed by atoms with Crippen molar-refractivity contribution in [2.24, 2.45) is 5.41 Å². The lowest BCUT2D eigenvalue weighted by atomic mass is 9.85. The van der Waals surface area contributed by atoms with E-state index in [2.05, 4.69) is 42.6 Å². The van der Waals surface area contributed by atoms with Crippen molar-refractivity contribution in [2.45, 2.75) is 108 Å². The highest BCUT2D eigenvalue weighted by molar-refractivity contribution is 7.92. The van der Waals surface area contributed by atoms with Crippen LogP contribution in [0.15, 0.2) is 77.3 Å². The molecule has 0 unspecified atom stereocenters. The van der Waals surface area contributed by atoms with Crippen LogP contribution in [0.2, 0.25) is 0 Å². The fraction of sp³-hybridized carbons (Fsp3) is 0.519. The van der Waals surface area contributed by atoms with Crippen LogP contribution in [0.1, 0.15) is 78.5 Å². The first-order chi connectivity index (χ1) is 35.7. The number of rotatable bonds is 25. The van der Waals surface area contributed by atoms with Crippen LogP contribution < -0.4 is 31.3 Å². The molecule has 7 rings (SSSR count). The van der Waals surface area contributed by atoms with Crippen molar-refractivity contribution in [3.8, 4) is 5.75 Å². The number of carbonyl (C=O) groups excluding carboxylic acids is 4. The lowest BCUT2D eigenvalue weighted by Gasteiger charge is -2.36. The van der Waals surface area contributed by atoms with E-state index in [-0.39, 0.29) is 94.3 Å². The molecule has 2 aromatic heterocycles. The summed E-state index contributed by atoms with van der Waals surface area (Å²) in [6, 6.07) is 15.9. The normalized spacial score (nSPS) is 17.7. The number of hydrogen-bond acceptors (Lipinski definition) is 16. The molecule has 1 aliphatic heterocycles. The predicted molar refractivity (Wildman–Crippen MR) is 288 cm³/mol. The number of likely N-dealkylation sites (N-methyl/N-ethyl adjacent to an activating group) is 1. The van der Waals surface area contributed by atoms with Crippen molar-refractivity contribution in [1.29, 1.82) is 0 Å². The van der Waals surface area contributed by atoms with Crippen LogP contribution in [0.3, 0.4) is 0 Å². The molecule has 1 aliphatic carbocycles. The zero-order chi connectivity index (χ0) is 53.9. The van der Waals surface area contributed by atoms with Crippen molar-refractivity contribution < 1.29 is 51.3 Å². The smallest absolute Gasteiger partial charge is 0.246 e. The van der Waals surface area contributed by atoms with Gasteiger partial charge in [0.1, 0.15) is 35.9 Å². The summed E-state index contributed by atoms with van der Waals surface area (Å²) in [5.74, 6) is -1.26. The number of aryl methyl sites for hydroxylation is 1. The zero-order valence-corrected chi connectivity index (χ0v) is 45.8. The van der Waals surface area contributed by atoms with Crippen molar-refractivity contribution in [2.75, 3.05) is 78.4 Å². The second kappa shape index (κ2) is 25.4. The average Bonchev–Trinajstić information content (AvgIpc) is 4.13. The van der Waals surface area contributed by atoms with Crippen molar-refractivity contribution in [3.63, 3.8) is 0 Å². The summed E-state index contributed by atoms with van der Waals surface area (Å²) in [4.78, 5) is 64.9. The van der Waals surface area contributed by atoms with Gasteiger partial charge in [-0.15, -0.1) is 11.3 Å². The molecule has 5 aromatic rings. The Hall–Kier alpha value is -5.81. The van der Waals surface area contributed by atoms with Gasteiger partial charge in [0.15, 0.2) is 9.84 Å².